The standard InChI is InChI=1S/C15H23N3O2/c1-18(14-5-7-16-8-6-14)15(19)9-12-3-4-13(11-20-2)17-10-12/h3-4,10,14,16H,5-9,11H2,1-2H3. The monoisotopic (exact) mass is 277 g/mol. The van der Waals surface area contributed by atoms with Gasteiger partial charge in [-0.25, -0.2) is 0 Å². The summed E-state index contributed by atoms with van der Waals surface area (Å²) in [5.74, 6) is 0.165. The zero-order valence-corrected chi connectivity index (χ0v) is 12.3. The number of nitrogens with zero attached hydrogens (tertiary/aromatic N) is 2. The second kappa shape index (κ2) is 7.36. The number of piperidine rings is 1. The van der Waals surface area contributed by atoms with E-state index in [2.05, 4.69) is 10.3 Å². The Balaban J connectivity index is 1.89. The van der Waals surface area contributed by atoms with Gasteiger partial charge in [0.15, 0.2) is 0 Å². The van der Waals surface area contributed by atoms with E-state index in [4.69, 9.17) is 4.74 Å². The summed E-state index contributed by atoms with van der Waals surface area (Å²) in [6.07, 6.45) is 4.25. The van der Waals surface area contributed by atoms with Crippen molar-refractivity contribution in [2.75, 3.05) is 27.2 Å². The highest BCUT2D eigenvalue weighted by atomic mass is 16.5. The number of ether oxygens (including phenoxy) is 1. The van der Waals surface area contributed by atoms with Gasteiger partial charge in [-0.05, 0) is 37.6 Å². The van der Waals surface area contributed by atoms with Gasteiger partial charge in [0.05, 0.1) is 18.7 Å². The molecule has 2 rings (SSSR count). The second-order valence-electron chi connectivity index (χ2n) is 5.25. The molecule has 110 valence electrons. The molecule has 1 aliphatic rings. The van der Waals surface area contributed by atoms with Crippen LogP contribution in [0.15, 0.2) is 18.3 Å². The molecule has 20 heavy (non-hydrogen) atoms. The number of pyridine rings is 1. The maximum Gasteiger partial charge on any atom is 0.227 e. The van der Waals surface area contributed by atoms with Crippen LogP contribution in [-0.2, 0) is 22.6 Å². The van der Waals surface area contributed by atoms with Crippen molar-refractivity contribution in [2.24, 2.45) is 0 Å². The van der Waals surface area contributed by atoms with Crippen LogP contribution in [0.2, 0.25) is 0 Å². The van der Waals surface area contributed by atoms with Crippen LogP contribution in [0, 0.1) is 0 Å². The number of likely N-dealkylation sites (N-methyl/N-ethyl adjacent to an activating group) is 1. The molecule has 1 fully saturated rings. The van der Waals surface area contributed by atoms with Crippen molar-refractivity contribution in [3.63, 3.8) is 0 Å². The van der Waals surface area contributed by atoms with Gasteiger partial charge in [-0.3, -0.25) is 9.78 Å². The number of rotatable bonds is 5. The van der Waals surface area contributed by atoms with Gasteiger partial charge < -0.3 is 15.0 Å². The first-order chi connectivity index (χ1) is 9.70. The van der Waals surface area contributed by atoms with Crippen LogP contribution in [0.5, 0.6) is 0 Å². The minimum Gasteiger partial charge on any atom is -0.378 e. The van der Waals surface area contributed by atoms with Crippen LogP contribution in [0.3, 0.4) is 0 Å². The number of hydrogen-bond acceptors (Lipinski definition) is 4. The highest BCUT2D eigenvalue weighted by Gasteiger charge is 2.21. The molecule has 0 spiro atoms. The molecule has 0 aliphatic carbocycles. The number of amides is 1. The van der Waals surface area contributed by atoms with Gasteiger partial charge in [-0.15, -0.1) is 0 Å². The fraction of sp³-hybridized carbons (Fsp3) is 0.600. The van der Waals surface area contributed by atoms with Crippen molar-refractivity contribution in [3.8, 4) is 0 Å². The van der Waals surface area contributed by atoms with Gasteiger partial charge >= 0.3 is 0 Å². The maximum absolute atomic E-state index is 12.3. The maximum atomic E-state index is 12.3. The van der Waals surface area contributed by atoms with Crippen molar-refractivity contribution in [1.82, 2.24) is 15.2 Å². The average molecular weight is 277 g/mol. The Hall–Kier alpha value is -1.46. The summed E-state index contributed by atoms with van der Waals surface area (Å²) in [7, 11) is 3.55. The fourth-order valence-corrected chi connectivity index (χ4v) is 2.49. The number of nitrogens with one attached hydrogen (secondary N) is 1. The van der Waals surface area contributed by atoms with Crippen LogP contribution < -0.4 is 5.32 Å². The molecule has 1 aliphatic heterocycles. The Bertz CT molecular complexity index is 427. The van der Waals surface area contributed by atoms with Crippen molar-refractivity contribution in [3.05, 3.63) is 29.6 Å². The quantitative estimate of drug-likeness (QED) is 0.872. The largest absolute Gasteiger partial charge is 0.378 e. The zero-order chi connectivity index (χ0) is 14.4. The van der Waals surface area contributed by atoms with Gasteiger partial charge in [0.1, 0.15) is 0 Å². The summed E-state index contributed by atoms with van der Waals surface area (Å²) >= 11 is 0. The topological polar surface area (TPSA) is 54.5 Å². The lowest BCUT2D eigenvalue weighted by atomic mass is 10.0. The number of carbonyl (C=O) groups excluding carboxylic acids is 1. The van der Waals surface area contributed by atoms with Gasteiger partial charge in [0.2, 0.25) is 5.91 Å². The SMILES string of the molecule is COCc1ccc(CC(=O)N(C)C2CCNCC2)cn1. The van der Waals surface area contributed by atoms with Gasteiger partial charge in [0.25, 0.3) is 0 Å². The molecule has 0 atom stereocenters. The van der Waals surface area contributed by atoms with E-state index in [1.54, 1.807) is 13.3 Å². The molecule has 1 amide bonds. The van der Waals surface area contributed by atoms with Crippen LogP contribution in [0.1, 0.15) is 24.1 Å². The summed E-state index contributed by atoms with van der Waals surface area (Å²) in [6.45, 7) is 2.49. The third-order valence-electron chi connectivity index (χ3n) is 3.78. The van der Waals surface area contributed by atoms with Crippen LogP contribution in [-0.4, -0.2) is 49.1 Å². The van der Waals surface area contributed by atoms with E-state index >= 15 is 0 Å². The first-order valence-electron chi connectivity index (χ1n) is 7.10. The van der Waals surface area contributed by atoms with Crippen molar-refractivity contribution in [2.45, 2.75) is 31.9 Å². The molecule has 1 aromatic rings. The Morgan fingerprint density at radius 3 is 2.80 bits per heavy atom. The molecule has 0 radical (unpaired) electrons. The Morgan fingerprint density at radius 1 is 1.45 bits per heavy atom. The van der Waals surface area contributed by atoms with Crippen molar-refractivity contribution in [1.29, 1.82) is 0 Å². The summed E-state index contributed by atoms with van der Waals surface area (Å²) in [5, 5.41) is 3.32. The number of aromatic nitrogens is 1. The zero-order valence-electron chi connectivity index (χ0n) is 12.3. The number of hydrogen-bond donors (Lipinski definition) is 1. The van der Waals surface area contributed by atoms with Gasteiger partial charge in [-0.1, -0.05) is 6.07 Å². The molecule has 1 aromatic heterocycles. The summed E-state index contributed by atoms with van der Waals surface area (Å²) in [4.78, 5) is 18.5. The third-order valence-corrected chi connectivity index (χ3v) is 3.78. The van der Waals surface area contributed by atoms with E-state index < -0.39 is 0 Å². The molecular formula is C15H23N3O2. The second-order valence-corrected chi connectivity index (χ2v) is 5.25. The van der Waals surface area contributed by atoms with Crippen molar-refractivity contribution < 1.29 is 9.53 Å². The highest BCUT2D eigenvalue weighted by Crippen LogP contribution is 2.12. The molecular weight excluding hydrogens is 254 g/mol. The first-order valence-corrected chi connectivity index (χ1v) is 7.10. The average Bonchev–Trinajstić information content (AvgIpc) is 2.49. The molecule has 1 saturated heterocycles. The minimum absolute atomic E-state index is 0.165. The van der Waals surface area contributed by atoms with Crippen LogP contribution in [0.25, 0.3) is 0 Å². The summed E-state index contributed by atoms with van der Waals surface area (Å²) in [6, 6.07) is 4.23. The van der Waals surface area contributed by atoms with Crippen LogP contribution in [0.4, 0.5) is 0 Å². The summed E-state index contributed by atoms with van der Waals surface area (Å²) < 4.78 is 5.02. The lowest BCUT2D eigenvalue weighted by molar-refractivity contribution is -0.131. The van der Waals surface area contributed by atoms with Crippen LogP contribution >= 0.6 is 0 Å². The predicted molar refractivity (Wildman–Crippen MR) is 77.3 cm³/mol. The Morgan fingerprint density at radius 2 is 2.20 bits per heavy atom. The molecule has 0 aromatic carbocycles. The molecule has 2 heterocycles. The minimum atomic E-state index is 0.165. The lowest BCUT2D eigenvalue weighted by Gasteiger charge is -2.31. The van der Waals surface area contributed by atoms with E-state index in [0.717, 1.165) is 37.2 Å². The van der Waals surface area contributed by atoms with E-state index in [1.165, 1.54) is 0 Å². The van der Waals surface area contributed by atoms with Gasteiger partial charge in [-0.2, -0.15) is 0 Å². The van der Waals surface area contributed by atoms with Crippen molar-refractivity contribution >= 4 is 5.91 Å². The molecule has 0 saturated carbocycles. The third kappa shape index (κ3) is 4.02. The number of methoxy groups -OCH3 is 1. The van der Waals surface area contributed by atoms with E-state index in [0.29, 0.717) is 19.1 Å². The first kappa shape index (κ1) is 14.9. The molecule has 0 unspecified atom stereocenters. The smallest absolute Gasteiger partial charge is 0.227 e. The fourth-order valence-electron chi connectivity index (χ4n) is 2.49. The summed E-state index contributed by atoms with van der Waals surface area (Å²) in [5.41, 5.74) is 1.84. The normalized spacial score (nSPS) is 16.1. The highest BCUT2D eigenvalue weighted by molar-refractivity contribution is 5.78. The van der Waals surface area contributed by atoms with E-state index in [1.807, 2.05) is 24.1 Å². The Labute approximate surface area is 120 Å². The molecule has 0 bridgehead atoms. The van der Waals surface area contributed by atoms with E-state index in [-0.39, 0.29) is 5.91 Å². The lowest BCUT2D eigenvalue weighted by Crippen LogP contribution is -2.44. The predicted octanol–water partition coefficient (Wildman–Crippen LogP) is 0.981. The molecule has 5 heteroatoms. The number of carbonyl (C=O) groups is 1. The van der Waals surface area contributed by atoms with Gasteiger partial charge in [0, 0.05) is 26.4 Å². The molecule has 1 N–H and O–H groups in total. The van der Waals surface area contributed by atoms with E-state index in [9.17, 15) is 4.79 Å². The Kier molecular flexibility index (Phi) is 5.49. The molecule has 5 nitrogen and oxygen atoms in total.